The maximum absolute atomic E-state index is 13.3. The SMILES string of the molecule is C.O=C(NCCc1cnc[nH]1)c1ccc(N2CCN(C(=O)c3ccccc3C(F)(F)F)CC2)nn1. The number of alkyl halides is 3. The van der Waals surface area contributed by atoms with Gasteiger partial charge in [0.05, 0.1) is 17.5 Å². The largest absolute Gasteiger partial charge is 0.417 e. The zero-order valence-corrected chi connectivity index (χ0v) is 18.0. The van der Waals surface area contributed by atoms with Crippen LogP contribution < -0.4 is 10.2 Å². The van der Waals surface area contributed by atoms with Crippen LogP contribution in [0.3, 0.4) is 0 Å². The Morgan fingerprint density at radius 1 is 1.03 bits per heavy atom. The number of aromatic nitrogens is 4. The number of hydrogen-bond donors (Lipinski definition) is 2. The maximum Gasteiger partial charge on any atom is 0.417 e. The first kappa shape index (κ1) is 25.7. The lowest BCUT2D eigenvalue weighted by Gasteiger charge is -2.35. The van der Waals surface area contributed by atoms with Gasteiger partial charge in [-0.25, -0.2) is 4.98 Å². The molecular formula is C23H26F3N7O2. The topological polar surface area (TPSA) is 107 Å². The number of nitrogens with one attached hydrogen (secondary N) is 2. The fourth-order valence-electron chi connectivity index (χ4n) is 3.66. The van der Waals surface area contributed by atoms with Gasteiger partial charge in [-0.3, -0.25) is 9.59 Å². The number of hydrogen-bond acceptors (Lipinski definition) is 6. The summed E-state index contributed by atoms with van der Waals surface area (Å²) >= 11 is 0. The Morgan fingerprint density at radius 3 is 2.40 bits per heavy atom. The molecule has 0 saturated carbocycles. The van der Waals surface area contributed by atoms with E-state index >= 15 is 0 Å². The van der Waals surface area contributed by atoms with Gasteiger partial charge in [0, 0.05) is 51.0 Å². The second-order valence-corrected chi connectivity index (χ2v) is 7.68. The average Bonchev–Trinajstić information content (AvgIpc) is 3.37. The third kappa shape index (κ3) is 6.14. The summed E-state index contributed by atoms with van der Waals surface area (Å²) in [4.78, 5) is 35.1. The van der Waals surface area contributed by atoms with E-state index in [1.165, 1.54) is 23.1 Å². The summed E-state index contributed by atoms with van der Waals surface area (Å²) in [6.45, 7) is 1.65. The van der Waals surface area contributed by atoms with Crippen molar-refractivity contribution in [2.45, 2.75) is 20.0 Å². The number of H-pyrrole nitrogens is 1. The minimum atomic E-state index is -4.60. The molecular weight excluding hydrogens is 463 g/mol. The molecule has 1 fully saturated rings. The number of anilines is 1. The number of halogens is 3. The van der Waals surface area contributed by atoms with Crippen LogP contribution in [0.2, 0.25) is 0 Å². The van der Waals surface area contributed by atoms with E-state index in [-0.39, 0.29) is 37.7 Å². The summed E-state index contributed by atoms with van der Waals surface area (Å²) in [6.07, 6.45) is -0.744. The zero-order chi connectivity index (χ0) is 24.1. The van der Waals surface area contributed by atoms with Crippen LogP contribution in [0.1, 0.15) is 39.5 Å². The van der Waals surface area contributed by atoms with Crippen LogP contribution in [0.4, 0.5) is 19.0 Å². The fraction of sp³-hybridized carbons (Fsp3) is 0.348. The monoisotopic (exact) mass is 489 g/mol. The minimum Gasteiger partial charge on any atom is -0.352 e. The molecule has 1 saturated heterocycles. The number of rotatable bonds is 6. The van der Waals surface area contributed by atoms with E-state index in [1.54, 1.807) is 24.7 Å². The summed E-state index contributed by atoms with van der Waals surface area (Å²) in [7, 11) is 0. The van der Waals surface area contributed by atoms with Gasteiger partial charge >= 0.3 is 6.18 Å². The van der Waals surface area contributed by atoms with Crippen molar-refractivity contribution in [2.24, 2.45) is 0 Å². The third-order valence-electron chi connectivity index (χ3n) is 5.47. The van der Waals surface area contributed by atoms with Crippen LogP contribution >= 0.6 is 0 Å². The Morgan fingerprint density at radius 2 is 1.77 bits per heavy atom. The second kappa shape index (κ2) is 11.0. The Labute approximate surface area is 200 Å². The van der Waals surface area contributed by atoms with Gasteiger partial charge < -0.3 is 20.1 Å². The van der Waals surface area contributed by atoms with Crippen molar-refractivity contribution in [3.63, 3.8) is 0 Å². The standard InChI is InChI=1S/C22H22F3N7O2.CH4/c23-22(24,25)17-4-2-1-3-16(17)21(34)32-11-9-31(10-12-32)19-6-5-18(29-30-19)20(33)27-8-7-15-13-26-14-28-15;/h1-6,13-14H,7-12H2,(H,26,28)(H,27,33);1H4. The summed E-state index contributed by atoms with van der Waals surface area (Å²) in [5.41, 5.74) is -0.218. The molecule has 2 N–H and O–H groups in total. The fourth-order valence-corrected chi connectivity index (χ4v) is 3.66. The molecule has 186 valence electrons. The van der Waals surface area contributed by atoms with Gasteiger partial charge in [-0.2, -0.15) is 13.2 Å². The third-order valence-corrected chi connectivity index (χ3v) is 5.47. The zero-order valence-electron chi connectivity index (χ0n) is 18.0. The van der Waals surface area contributed by atoms with Crippen LogP contribution in [0.5, 0.6) is 0 Å². The normalized spacial score (nSPS) is 13.8. The number of carbonyl (C=O) groups excluding carboxylic acids is 2. The number of carbonyl (C=O) groups is 2. The number of piperazine rings is 1. The number of nitrogens with zero attached hydrogens (tertiary/aromatic N) is 5. The average molecular weight is 490 g/mol. The van der Waals surface area contributed by atoms with Crippen molar-refractivity contribution in [1.82, 2.24) is 30.4 Å². The Bertz CT molecular complexity index is 1130. The number of aromatic amines is 1. The molecule has 2 amide bonds. The molecule has 0 unspecified atom stereocenters. The highest BCUT2D eigenvalue weighted by Gasteiger charge is 2.36. The molecule has 3 aromatic rings. The smallest absolute Gasteiger partial charge is 0.352 e. The highest BCUT2D eigenvalue weighted by molar-refractivity contribution is 5.96. The molecule has 4 rings (SSSR count). The van der Waals surface area contributed by atoms with Gasteiger partial charge in [0.25, 0.3) is 11.8 Å². The molecule has 1 aliphatic heterocycles. The van der Waals surface area contributed by atoms with Gasteiger partial charge in [-0.1, -0.05) is 19.6 Å². The molecule has 0 spiro atoms. The molecule has 3 heterocycles. The molecule has 2 aromatic heterocycles. The first-order chi connectivity index (χ1) is 16.3. The second-order valence-electron chi connectivity index (χ2n) is 7.68. The van der Waals surface area contributed by atoms with Crippen LogP contribution in [-0.4, -0.2) is 69.6 Å². The van der Waals surface area contributed by atoms with Crippen molar-refractivity contribution in [1.29, 1.82) is 0 Å². The molecule has 1 aromatic carbocycles. The Balaban J connectivity index is 0.00000342. The van der Waals surface area contributed by atoms with Gasteiger partial charge in [0.2, 0.25) is 0 Å². The van der Waals surface area contributed by atoms with E-state index in [1.807, 2.05) is 4.90 Å². The molecule has 0 atom stereocenters. The lowest BCUT2D eigenvalue weighted by Crippen LogP contribution is -2.49. The van der Waals surface area contributed by atoms with Crippen LogP contribution in [-0.2, 0) is 12.6 Å². The van der Waals surface area contributed by atoms with Crippen molar-refractivity contribution >= 4 is 17.6 Å². The van der Waals surface area contributed by atoms with Crippen LogP contribution in [0.25, 0.3) is 0 Å². The van der Waals surface area contributed by atoms with E-state index in [4.69, 9.17) is 0 Å². The summed E-state index contributed by atoms with van der Waals surface area (Å²) in [6, 6.07) is 8.01. The molecule has 0 radical (unpaired) electrons. The van der Waals surface area contributed by atoms with E-state index < -0.39 is 17.6 Å². The van der Waals surface area contributed by atoms with Gasteiger partial charge in [0.1, 0.15) is 0 Å². The van der Waals surface area contributed by atoms with Crippen molar-refractivity contribution < 1.29 is 22.8 Å². The summed E-state index contributed by atoms with van der Waals surface area (Å²) in [5.74, 6) is -0.477. The predicted octanol–water partition coefficient (Wildman–Crippen LogP) is 2.79. The van der Waals surface area contributed by atoms with E-state index in [2.05, 4.69) is 25.5 Å². The van der Waals surface area contributed by atoms with E-state index in [0.29, 0.717) is 31.9 Å². The Kier molecular flexibility index (Phi) is 8.05. The highest BCUT2D eigenvalue weighted by Crippen LogP contribution is 2.32. The van der Waals surface area contributed by atoms with Crippen molar-refractivity contribution in [2.75, 3.05) is 37.6 Å². The molecule has 9 nitrogen and oxygen atoms in total. The van der Waals surface area contributed by atoms with Gasteiger partial charge in [-0.15, -0.1) is 10.2 Å². The Hall–Kier alpha value is -3.96. The van der Waals surface area contributed by atoms with E-state index in [9.17, 15) is 22.8 Å². The van der Waals surface area contributed by atoms with Crippen LogP contribution in [0, 0.1) is 0 Å². The molecule has 12 heteroatoms. The number of imidazole rings is 1. The highest BCUT2D eigenvalue weighted by atomic mass is 19.4. The summed E-state index contributed by atoms with van der Waals surface area (Å²) < 4.78 is 39.8. The molecule has 35 heavy (non-hydrogen) atoms. The lowest BCUT2D eigenvalue weighted by atomic mass is 10.1. The number of amides is 2. The quantitative estimate of drug-likeness (QED) is 0.552. The van der Waals surface area contributed by atoms with Crippen molar-refractivity contribution in [3.8, 4) is 0 Å². The number of benzene rings is 1. The van der Waals surface area contributed by atoms with Crippen LogP contribution in [0.15, 0.2) is 48.9 Å². The van der Waals surface area contributed by atoms with Gasteiger partial charge in [0.15, 0.2) is 11.5 Å². The van der Waals surface area contributed by atoms with Crippen molar-refractivity contribution in [3.05, 3.63) is 71.4 Å². The summed E-state index contributed by atoms with van der Waals surface area (Å²) in [5, 5.41) is 10.8. The van der Waals surface area contributed by atoms with Gasteiger partial charge in [-0.05, 0) is 24.3 Å². The van der Waals surface area contributed by atoms with E-state index in [0.717, 1.165) is 11.8 Å². The lowest BCUT2D eigenvalue weighted by molar-refractivity contribution is -0.138. The first-order valence-electron chi connectivity index (χ1n) is 10.6. The predicted molar refractivity (Wildman–Crippen MR) is 123 cm³/mol. The molecule has 0 aliphatic carbocycles. The molecule has 1 aliphatic rings. The molecule has 0 bridgehead atoms. The maximum atomic E-state index is 13.3. The first-order valence-corrected chi connectivity index (χ1v) is 10.6. The minimum absolute atomic E-state index is 0.